The summed E-state index contributed by atoms with van der Waals surface area (Å²) in [5.41, 5.74) is 9.95. The number of esters is 1. The summed E-state index contributed by atoms with van der Waals surface area (Å²) < 4.78 is 12.6. The van der Waals surface area contributed by atoms with E-state index in [0.29, 0.717) is 37.7 Å². The van der Waals surface area contributed by atoms with Gasteiger partial charge in [-0.15, -0.1) is 0 Å². The summed E-state index contributed by atoms with van der Waals surface area (Å²) in [6, 6.07) is 15.6. The molecule has 5 rings (SSSR count). The molecule has 2 aromatic heterocycles. The lowest BCUT2D eigenvalue weighted by atomic mass is 10.1. The average molecular weight is 616 g/mol. The number of carbonyl (C=O) groups is 2. The summed E-state index contributed by atoms with van der Waals surface area (Å²) >= 11 is 0. The fourth-order valence-electron chi connectivity index (χ4n) is 5.84. The lowest BCUT2D eigenvalue weighted by Crippen LogP contribution is -2.49. The van der Waals surface area contributed by atoms with Crippen molar-refractivity contribution in [1.29, 1.82) is 0 Å². The highest BCUT2D eigenvalue weighted by Crippen LogP contribution is 2.29. The highest BCUT2D eigenvalue weighted by atomic mass is 16.6. The standard InChI is InChI=1S/C34H45N7O4/c1-4-5-14-29-37-32-33(27-12-6-7-13-28(27)36-34(32)35)41(29)16-9-15-40(30(42)23-39-19-17-38(2)18-20-39)22-25-10-8-11-26(21-25)45-24-31(43)44-3/h6-8,10-13,21H,4-5,9,14-20,22-24H2,1-3H3,(H2,35,36). The van der Waals surface area contributed by atoms with Gasteiger partial charge < -0.3 is 29.6 Å². The van der Waals surface area contributed by atoms with Crippen molar-refractivity contribution in [2.45, 2.75) is 45.7 Å². The van der Waals surface area contributed by atoms with Crippen LogP contribution in [0.15, 0.2) is 48.5 Å². The Balaban J connectivity index is 1.37. The molecule has 0 atom stereocenters. The van der Waals surface area contributed by atoms with Gasteiger partial charge in [-0.25, -0.2) is 14.8 Å². The fourth-order valence-corrected chi connectivity index (χ4v) is 5.84. The first kappa shape index (κ1) is 32.2. The predicted octanol–water partition coefficient (Wildman–Crippen LogP) is 3.73. The molecule has 0 spiro atoms. The van der Waals surface area contributed by atoms with E-state index in [4.69, 9.17) is 20.2 Å². The summed E-state index contributed by atoms with van der Waals surface area (Å²) in [6.07, 6.45) is 3.69. The number of aryl methyl sites for hydroxylation is 2. The second-order valence-corrected chi connectivity index (χ2v) is 11.8. The number of fused-ring (bicyclic) bond motifs is 3. The number of nitrogens with two attached hydrogens (primary N) is 1. The molecule has 1 fully saturated rings. The third-order valence-corrected chi connectivity index (χ3v) is 8.42. The fraction of sp³-hybridized carbons (Fsp3) is 0.471. The Morgan fingerprint density at radius 1 is 1.02 bits per heavy atom. The highest BCUT2D eigenvalue weighted by Gasteiger charge is 2.22. The SMILES string of the molecule is CCCCc1nc2c(N)nc3ccccc3c2n1CCCN(Cc1cccc(OCC(=O)OC)c1)C(=O)CN1CCN(C)CC1. The van der Waals surface area contributed by atoms with Crippen LogP contribution in [0.2, 0.25) is 0 Å². The molecular formula is C34H45N7O4. The number of unbranched alkanes of at least 4 members (excludes halogenated alkanes) is 1. The number of benzene rings is 2. The predicted molar refractivity (Wildman–Crippen MR) is 176 cm³/mol. The number of piperazine rings is 1. The van der Waals surface area contributed by atoms with Gasteiger partial charge in [-0.3, -0.25) is 9.69 Å². The Morgan fingerprint density at radius 2 is 1.82 bits per heavy atom. The van der Waals surface area contributed by atoms with Crippen molar-refractivity contribution in [3.63, 3.8) is 0 Å². The molecule has 3 heterocycles. The van der Waals surface area contributed by atoms with Crippen molar-refractivity contribution in [2.75, 3.05) is 65.8 Å². The van der Waals surface area contributed by atoms with E-state index in [1.807, 2.05) is 41.3 Å². The van der Waals surface area contributed by atoms with Gasteiger partial charge in [0.05, 0.1) is 24.7 Å². The largest absolute Gasteiger partial charge is 0.482 e. The van der Waals surface area contributed by atoms with Gasteiger partial charge >= 0.3 is 5.97 Å². The number of carbonyl (C=O) groups excluding carboxylic acids is 2. The number of ether oxygens (including phenoxy) is 2. The molecule has 0 saturated carbocycles. The van der Waals surface area contributed by atoms with Gasteiger partial charge in [0.2, 0.25) is 5.91 Å². The zero-order chi connectivity index (χ0) is 31.8. The number of imidazole rings is 1. The molecule has 11 nitrogen and oxygen atoms in total. The maximum absolute atomic E-state index is 13.8. The minimum Gasteiger partial charge on any atom is -0.482 e. The van der Waals surface area contributed by atoms with Gasteiger partial charge in [0.25, 0.3) is 0 Å². The summed E-state index contributed by atoms with van der Waals surface area (Å²) in [5.74, 6) is 1.66. The molecule has 4 aromatic rings. The van der Waals surface area contributed by atoms with Crippen molar-refractivity contribution in [3.05, 3.63) is 59.9 Å². The number of amides is 1. The number of likely N-dealkylation sites (N-methyl/N-ethyl adjacent to an activating group) is 1. The number of aromatic nitrogens is 3. The van der Waals surface area contributed by atoms with Crippen molar-refractivity contribution >= 4 is 39.6 Å². The molecule has 2 N–H and O–H groups in total. The van der Waals surface area contributed by atoms with Gasteiger partial charge in [0, 0.05) is 57.6 Å². The van der Waals surface area contributed by atoms with Crippen LogP contribution >= 0.6 is 0 Å². The number of pyridine rings is 1. The number of rotatable bonds is 14. The monoisotopic (exact) mass is 615 g/mol. The van der Waals surface area contributed by atoms with Crippen molar-refractivity contribution < 1.29 is 19.1 Å². The van der Waals surface area contributed by atoms with Gasteiger partial charge in [0.15, 0.2) is 12.4 Å². The van der Waals surface area contributed by atoms with Gasteiger partial charge in [-0.05, 0) is 43.7 Å². The topological polar surface area (TPSA) is 119 Å². The Morgan fingerprint density at radius 3 is 2.60 bits per heavy atom. The first-order chi connectivity index (χ1) is 21.9. The smallest absolute Gasteiger partial charge is 0.343 e. The molecular weight excluding hydrogens is 570 g/mol. The molecule has 0 radical (unpaired) electrons. The molecule has 1 amide bonds. The summed E-state index contributed by atoms with van der Waals surface area (Å²) in [4.78, 5) is 41.4. The molecule has 240 valence electrons. The molecule has 0 unspecified atom stereocenters. The van der Waals surface area contributed by atoms with Crippen molar-refractivity contribution in [2.24, 2.45) is 0 Å². The van der Waals surface area contributed by atoms with E-state index in [9.17, 15) is 9.59 Å². The van der Waals surface area contributed by atoms with Crippen LogP contribution in [0.5, 0.6) is 5.75 Å². The van der Waals surface area contributed by atoms with Crippen LogP contribution in [0.25, 0.3) is 21.9 Å². The third kappa shape index (κ3) is 8.09. The van der Waals surface area contributed by atoms with Crippen LogP contribution < -0.4 is 10.5 Å². The maximum atomic E-state index is 13.8. The quantitative estimate of drug-likeness (QED) is 0.212. The number of hydrogen-bond donors (Lipinski definition) is 1. The Kier molecular flexibility index (Phi) is 10.9. The molecule has 0 aliphatic carbocycles. The summed E-state index contributed by atoms with van der Waals surface area (Å²) in [7, 11) is 3.45. The average Bonchev–Trinajstić information content (AvgIpc) is 3.42. The minimum atomic E-state index is -0.444. The number of anilines is 1. The number of nitrogen functional groups attached to an aromatic ring is 1. The third-order valence-electron chi connectivity index (χ3n) is 8.42. The number of nitrogens with zero attached hydrogens (tertiary/aromatic N) is 6. The second kappa shape index (κ2) is 15.2. The van der Waals surface area contributed by atoms with E-state index >= 15 is 0 Å². The van der Waals surface area contributed by atoms with E-state index < -0.39 is 5.97 Å². The highest BCUT2D eigenvalue weighted by molar-refractivity contribution is 6.06. The van der Waals surface area contributed by atoms with Crippen LogP contribution in [0, 0.1) is 0 Å². The van der Waals surface area contributed by atoms with Crippen LogP contribution in [-0.4, -0.2) is 101 Å². The number of methoxy groups -OCH3 is 1. The van der Waals surface area contributed by atoms with Crippen LogP contribution in [0.1, 0.15) is 37.6 Å². The van der Waals surface area contributed by atoms with E-state index in [0.717, 1.165) is 85.2 Å². The zero-order valence-electron chi connectivity index (χ0n) is 26.7. The first-order valence-electron chi connectivity index (χ1n) is 15.9. The van der Waals surface area contributed by atoms with Crippen LogP contribution in [-0.2, 0) is 33.8 Å². The Labute approximate surface area is 264 Å². The second-order valence-electron chi connectivity index (χ2n) is 11.8. The molecule has 1 aliphatic heterocycles. The van der Waals surface area contributed by atoms with Crippen molar-refractivity contribution in [3.8, 4) is 5.75 Å². The molecule has 11 heteroatoms. The zero-order valence-corrected chi connectivity index (χ0v) is 26.7. The molecule has 1 aliphatic rings. The lowest BCUT2D eigenvalue weighted by Gasteiger charge is -2.33. The normalized spacial score (nSPS) is 14.2. The number of para-hydroxylation sites is 1. The number of hydrogen-bond acceptors (Lipinski definition) is 9. The van der Waals surface area contributed by atoms with Crippen LogP contribution in [0.3, 0.4) is 0 Å². The van der Waals surface area contributed by atoms with E-state index in [-0.39, 0.29) is 12.5 Å². The van der Waals surface area contributed by atoms with Crippen molar-refractivity contribution in [1.82, 2.24) is 29.2 Å². The maximum Gasteiger partial charge on any atom is 0.343 e. The molecule has 1 saturated heterocycles. The minimum absolute atomic E-state index is 0.0982. The van der Waals surface area contributed by atoms with Gasteiger partial charge in [-0.1, -0.05) is 43.7 Å². The van der Waals surface area contributed by atoms with Crippen LogP contribution in [0.4, 0.5) is 5.82 Å². The van der Waals surface area contributed by atoms with E-state index in [1.165, 1.54) is 7.11 Å². The molecule has 0 bridgehead atoms. The van der Waals surface area contributed by atoms with Gasteiger partial charge in [-0.2, -0.15) is 0 Å². The van der Waals surface area contributed by atoms with E-state index in [1.54, 1.807) is 6.07 Å². The molecule has 2 aromatic carbocycles. The lowest BCUT2D eigenvalue weighted by molar-refractivity contribution is -0.142. The first-order valence-corrected chi connectivity index (χ1v) is 15.9. The molecule has 45 heavy (non-hydrogen) atoms. The van der Waals surface area contributed by atoms with E-state index in [2.05, 4.69) is 39.4 Å². The summed E-state index contributed by atoms with van der Waals surface area (Å²) in [6.45, 7) is 7.76. The van der Waals surface area contributed by atoms with Gasteiger partial charge in [0.1, 0.15) is 17.1 Å². The Bertz CT molecular complexity index is 1610. The Hall–Kier alpha value is -4.22. The summed E-state index contributed by atoms with van der Waals surface area (Å²) in [5, 5.41) is 1.03.